The van der Waals surface area contributed by atoms with Gasteiger partial charge >= 0.3 is 0 Å². The third-order valence-corrected chi connectivity index (χ3v) is 5.06. The third kappa shape index (κ3) is 4.53. The van der Waals surface area contributed by atoms with Crippen molar-refractivity contribution in [2.45, 2.75) is 26.9 Å². The van der Waals surface area contributed by atoms with Gasteiger partial charge in [0.05, 0.1) is 24.1 Å². The lowest BCUT2D eigenvalue weighted by molar-refractivity contribution is 0.0954. The molecule has 8 heteroatoms. The lowest BCUT2D eigenvalue weighted by Gasteiger charge is -2.08. The van der Waals surface area contributed by atoms with Gasteiger partial charge in [0.2, 0.25) is 0 Å². The van der Waals surface area contributed by atoms with Gasteiger partial charge in [-0.05, 0) is 50.2 Å². The molecule has 1 N–H and O–H groups in total. The number of ether oxygens (including phenoxy) is 2. The van der Waals surface area contributed by atoms with E-state index in [0.29, 0.717) is 30.9 Å². The maximum absolute atomic E-state index is 12.4. The van der Waals surface area contributed by atoms with Crippen molar-refractivity contribution in [3.63, 3.8) is 0 Å². The minimum absolute atomic E-state index is 0.140. The van der Waals surface area contributed by atoms with E-state index in [1.54, 1.807) is 31.4 Å². The lowest BCUT2D eigenvalue weighted by Crippen LogP contribution is -2.25. The number of carbonyl (C=O) groups excluding carboxylic acids is 1. The monoisotopic (exact) mass is 420 g/mol. The summed E-state index contributed by atoms with van der Waals surface area (Å²) in [7, 11) is 1.62. The predicted molar refractivity (Wildman–Crippen MR) is 115 cm³/mol. The Morgan fingerprint density at radius 2 is 2.00 bits per heavy atom. The minimum Gasteiger partial charge on any atom is -0.493 e. The van der Waals surface area contributed by atoms with Crippen LogP contribution < -0.4 is 14.8 Å². The average Bonchev–Trinajstić information content (AvgIpc) is 3.34. The predicted octanol–water partition coefficient (Wildman–Crippen LogP) is 3.50. The van der Waals surface area contributed by atoms with Crippen LogP contribution in [0.3, 0.4) is 0 Å². The number of aromatic nitrogens is 3. The molecule has 8 nitrogen and oxygen atoms in total. The van der Waals surface area contributed by atoms with Crippen molar-refractivity contribution in [3.05, 3.63) is 77.1 Å². The van der Waals surface area contributed by atoms with Crippen LogP contribution in [0.2, 0.25) is 0 Å². The summed E-state index contributed by atoms with van der Waals surface area (Å²) < 4.78 is 18.2. The van der Waals surface area contributed by atoms with Gasteiger partial charge < -0.3 is 23.7 Å². The Morgan fingerprint density at radius 1 is 1.19 bits per heavy atom. The first-order valence-corrected chi connectivity index (χ1v) is 9.98. The van der Waals surface area contributed by atoms with Crippen LogP contribution in [-0.4, -0.2) is 34.1 Å². The van der Waals surface area contributed by atoms with Crippen LogP contribution in [0.15, 0.2) is 53.3 Å². The zero-order valence-corrected chi connectivity index (χ0v) is 17.7. The first-order valence-electron chi connectivity index (χ1n) is 9.98. The molecule has 3 aromatic heterocycles. The summed E-state index contributed by atoms with van der Waals surface area (Å²) in [5, 5.41) is 6.85. The van der Waals surface area contributed by atoms with E-state index in [1.165, 1.54) is 0 Å². The molecule has 0 radical (unpaired) electrons. The Morgan fingerprint density at radius 3 is 2.71 bits per heavy atom. The van der Waals surface area contributed by atoms with Gasteiger partial charge in [-0.25, -0.2) is 4.98 Å². The Labute approximate surface area is 179 Å². The van der Waals surface area contributed by atoms with Crippen molar-refractivity contribution >= 4 is 11.6 Å². The second kappa shape index (κ2) is 8.91. The van der Waals surface area contributed by atoms with Crippen LogP contribution in [0.5, 0.6) is 11.5 Å². The van der Waals surface area contributed by atoms with E-state index in [9.17, 15) is 4.79 Å². The number of amides is 1. The van der Waals surface area contributed by atoms with Gasteiger partial charge in [0.1, 0.15) is 18.1 Å². The smallest absolute Gasteiger partial charge is 0.251 e. The number of nitrogens with one attached hydrogen (secondary N) is 1. The van der Waals surface area contributed by atoms with Gasteiger partial charge in [0.15, 0.2) is 11.4 Å². The number of carbonyl (C=O) groups is 1. The third-order valence-electron chi connectivity index (χ3n) is 5.06. The Balaban J connectivity index is 1.30. The summed E-state index contributed by atoms with van der Waals surface area (Å²) in [6.07, 6.45) is 4.48. The molecule has 0 fully saturated rings. The number of rotatable bonds is 8. The van der Waals surface area contributed by atoms with Crippen molar-refractivity contribution < 1.29 is 18.8 Å². The highest BCUT2D eigenvalue weighted by atomic mass is 16.5. The number of aryl methyl sites for hydroxylation is 2. The largest absolute Gasteiger partial charge is 0.493 e. The highest BCUT2D eigenvalue weighted by Crippen LogP contribution is 2.19. The van der Waals surface area contributed by atoms with Crippen molar-refractivity contribution in [1.29, 1.82) is 0 Å². The molecule has 3 heterocycles. The average molecular weight is 420 g/mol. The van der Waals surface area contributed by atoms with Gasteiger partial charge in [-0.2, -0.15) is 0 Å². The molecule has 0 atom stereocenters. The van der Waals surface area contributed by atoms with Crippen LogP contribution in [0, 0.1) is 13.8 Å². The van der Waals surface area contributed by atoms with Crippen LogP contribution in [0.25, 0.3) is 5.65 Å². The second-order valence-corrected chi connectivity index (χ2v) is 7.16. The van der Waals surface area contributed by atoms with Crippen LogP contribution >= 0.6 is 0 Å². The fourth-order valence-corrected chi connectivity index (χ4v) is 3.29. The zero-order chi connectivity index (χ0) is 21.8. The van der Waals surface area contributed by atoms with Crippen molar-refractivity contribution in [3.8, 4) is 11.5 Å². The number of methoxy groups -OCH3 is 1. The van der Waals surface area contributed by atoms with Crippen LogP contribution in [0.4, 0.5) is 0 Å². The Hall–Kier alpha value is -3.81. The summed E-state index contributed by atoms with van der Waals surface area (Å²) in [6, 6.07) is 10.8. The molecule has 4 rings (SSSR count). The van der Waals surface area contributed by atoms with E-state index in [1.807, 2.05) is 42.8 Å². The summed E-state index contributed by atoms with van der Waals surface area (Å²) in [6.45, 7) is 4.59. The van der Waals surface area contributed by atoms with Crippen LogP contribution in [0.1, 0.15) is 33.1 Å². The summed E-state index contributed by atoms with van der Waals surface area (Å²) in [5.74, 6) is 2.00. The molecule has 0 aliphatic carbocycles. The van der Waals surface area contributed by atoms with E-state index < -0.39 is 0 Å². The zero-order valence-electron chi connectivity index (χ0n) is 17.7. The molecule has 31 heavy (non-hydrogen) atoms. The molecule has 0 bridgehead atoms. The highest BCUT2D eigenvalue weighted by molar-refractivity contribution is 5.94. The highest BCUT2D eigenvalue weighted by Gasteiger charge is 2.11. The van der Waals surface area contributed by atoms with Gasteiger partial charge in [-0.15, -0.1) is 0 Å². The van der Waals surface area contributed by atoms with Gasteiger partial charge in [0.25, 0.3) is 5.91 Å². The molecule has 0 saturated heterocycles. The lowest BCUT2D eigenvalue weighted by atomic mass is 10.2. The first kappa shape index (κ1) is 20.5. The van der Waals surface area contributed by atoms with Crippen molar-refractivity contribution in [2.75, 3.05) is 13.7 Å². The summed E-state index contributed by atoms with van der Waals surface area (Å²) >= 11 is 0. The standard InChI is InChI=1S/C23H24N4O4/c1-15-20(16(2)31-26-15)14-30-19-8-6-17(7-9-19)23(28)24-11-10-18-13-27-12-4-5-21(29-3)22(27)25-18/h4-9,12-13H,10-11,14H2,1-3H3,(H,24,28). The maximum Gasteiger partial charge on any atom is 0.251 e. The quantitative estimate of drug-likeness (QED) is 0.469. The van der Waals surface area contributed by atoms with E-state index in [0.717, 1.165) is 34.1 Å². The van der Waals surface area contributed by atoms with Crippen molar-refractivity contribution in [1.82, 2.24) is 19.9 Å². The molecule has 4 aromatic rings. The number of imidazole rings is 1. The van der Waals surface area contributed by atoms with E-state index >= 15 is 0 Å². The molecule has 160 valence electrons. The normalized spacial score (nSPS) is 10.9. The molecule has 0 unspecified atom stereocenters. The second-order valence-electron chi connectivity index (χ2n) is 7.16. The SMILES string of the molecule is COc1cccn2cc(CCNC(=O)c3ccc(OCc4c(C)noc4C)cc3)nc12. The number of benzene rings is 1. The fourth-order valence-electron chi connectivity index (χ4n) is 3.29. The van der Waals surface area contributed by atoms with E-state index in [4.69, 9.17) is 14.0 Å². The number of pyridine rings is 1. The number of hydrogen-bond acceptors (Lipinski definition) is 6. The summed E-state index contributed by atoms with van der Waals surface area (Å²) in [4.78, 5) is 17.0. The van der Waals surface area contributed by atoms with Gasteiger partial charge in [-0.3, -0.25) is 4.79 Å². The topological polar surface area (TPSA) is 90.9 Å². The van der Waals surface area contributed by atoms with E-state index in [-0.39, 0.29) is 5.91 Å². The maximum atomic E-state index is 12.4. The molecule has 1 amide bonds. The first-order chi connectivity index (χ1) is 15.0. The van der Waals surface area contributed by atoms with Gasteiger partial charge in [0, 0.05) is 30.9 Å². The molecular weight excluding hydrogens is 396 g/mol. The number of fused-ring (bicyclic) bond motifs is 1. The van der Waals surface area contributed by atoms with E-state index in [2.05, 4.69) is 15.5 Å². The molecule has 0 spiro atoms. The minimum atomic E-state index is -0.140. The van der Waals surface area contributed by atoms with Gasteiger partial charge in [-0.1, -0.05) is 5.16 Å². The molecule has 0 aliphatic heterocycles. The Kier molecular flexibility index (Phi) is 5.88. The molecule has 1 aromatic carbocycles. The van der Waals surface area contributed by atoms with Crippen molar-refractivity contribution in [2.24, 2.45) is 0 Å². The molecule has 0 aliphatic rings. The van der Waals surface area contributed by atoms with Crippen LogP contribution in [-0.2, 0) is 13.0 Å². The number of hydrogen-bond donors (Lipinski definition) is 1. The Bertz CT molecular complexity index is 1170. The number of nitrogens with zero attached hydrogens (tertiary/aromatic N) is 3. The molecule has 0 saturated carbocycles. The summed E-state index contributed by atoms with van der Waals surface area (Å²) in [5.41, 5.74) is 3.97. The molecular formula is C23H24N4O4. The fraction of sp³-hybridized carbons (Fsp3) is 0.261.